The molecule has 1 aromatic heterocycles. The van der Waals surface area contributed by atoms with Gasteiger partial charge in [0, 0.05) is 30.1 Å². The van der Waals surface area contributed by atoms with Gasteiger partial charge >= 0.3 is 5.97 Å². The Hall–Kier alpha value is -3.98. The van der Waals surface area contributed by atoms with Crippen molar-refractivity contribution < 1.29 is 14.7 Å². The molecule has 0 unspecified atom stereocenters. The number of nitrogens with one attached hydrogen (secondary N) is 1. The number of carbonyl (C=O) groups is 2. The summed E-state index contributed by atoms with van der Waals surface area (Å²) in [5.41, 5.74) is 3.39. The van der Waals surface area contributed by atoms with Crippen molar-refractivity contribution >= 4 is 46.5 Å². The van der Waals surface area contributed by atoms with Crippen LogP contribution in [0, 0.1) is 0 Å². The van der Waals surface area contributed by atoms with Crippen LogP contribution >= 0.6 is 23.2 Å². The Bertz CT molecular complexity index is 1580. The predicted molar refractivity (Wildman–Crippen MR) is 165 cm³/mol. The van der Waals surface area contributed by atoms with Gasteiger partial charge in [0.15, 0.2) is 6.04 Å². The molecule has 1 fully saturated rings. The molecule has 216 valence electrons. The van der Waals surface area contributed by atoms with Gasteiger partial charge in [-0.2, -0.15) is 0 Å². The Morgan fingerprint density at radius 3 is 2.55 bits per heavy atom. The number of aliphatic carboxylic acids is 1. The highest BCUT2D eigenvalue weighted by Crippen LogP contribution is 2.28. The highest BCUT2D eigenvalue weighted by atomic mass is 35.5. The molecule has 0 radical (unpaired) electrons. The minimum Gasteiger partial charge on any atom is -0.480 e. The van der Waals surface area contributed by atoms with E-state index in [0.717, 1.165) is 30.5 Å². The summed E-state index contributed by atoms with van der Waals surface area (Å²) in [6.07, 6.45) is 6.52. The maximum atomic E-state index is 13.7. The second-order valence-electron chi connectivity index (χ2n) is 10.3. The summed E-state index contributed by atoms with van der Waals surface area (Å²) in [4.78, 5) is 37.2. The van der Waals surface area contributed by atoms with E-state index in [1.807, 2.05) is 66.7 Å². The first-order chi connectivity index (χ1) is 20.3. The van der Waals surface area contributed by atoms with Crippen LogP contribution < -0.4 is 5.32 Å². The first-order valence-electron chi connectivity index (χ1n) is 13.7. The molecule has 2 N–H and O–H groups in total. The molecule has 0 aliphatic carbocycles. The van der Waals surface area contributed by atoms with E-state index in [0.29, 0.717) is 33.6 Å². The number of carbonyl (C=O) groups excluding carboxylic acids is 1. The number of rotatable bonds is 10. The number of halogens is 2. The molecule has 5 rings (SSSR count). The normalized spacial score (nSPS) is 17.1. The van der Waals surface area contributed by atoms with Gasteiger partial charge in [-0.25, -0.2) is 9.78 Å². The maximum absolute atomic E-state index is 13.7. The van der Waals surface area contributed by atoms with E-state index in [1.165, 1.54) is 0 Å². The van der Waals surface area contributed by atoms with Gasteiger partial charge in [0.25, 0.3) is 0 Å². The molecule has 0 bridgehead atoms. The van der Waals surface area contributed by atoms with Gasteiger partial charge in [-0.3, -0.25) is 14.7 Å². The monoisotopic (exact) mass is 603 g/mol. The number of likely N-dealkylation sites (tertiary alicyclic amines) is 1. The van der Waals surface area contributed by atoms with Gasteiger partial charge in [0.2, 0.25) is 5.91 Å². The van der Waals surface area contributed by atoms with Gasteiger partial charge in [0.1, 0.15) is 0 Å². The van der Waals surface area contributed by atoms with E-state index in [-0.39, 0.29) is 11.9 Å². The fourth-order valence-corrected chi connectivity index (χ4v) is 5.60. The van der Waals surface area contributed by atoms with E-state index >= 15 is 0 Å². The van der Waals surface area contributed by atoms with Gasteiger partial charge in [-0.15, -0.1) is 0 Å². The summed E-state index contributed by atoms with van der Waals surface area (Å²) < 4.78 is 1.72. The van der Waals surface area contributed by atoms with Crippen molar-refractivity contribution in [2.45, 2.75) is 44.4 Å². The summed E-state index contributed by atoms with van der Waals surface area (Å²) in [5, 5.41) is 14.3. The molecule has 42 heavy (non-hydrogen) atoms. The number of aliphatic imine (C=N–C) groups is 1. The van der Waals surface area contributed by atoms with Crippen molar-refractivity contribution in [3.05, 3.63) is 118 Å². The fraction of sp³-hybridized carbons (Fsp3) is 0.250. The molecule has 3 aromatic carbocycles. The number of para-hydroxylation sites is 1. The highest BCUT2D eigenvalue weighted by Gasteiger charge is 2.32. The molecular formula is C32H31Cl2N5O3. The molecule has 3 atom stereocenters. The third-order valence-electron chi connectivity index (χ3n) is 7.50. The van der Waals surface area contributed by atoms with Crippen molar-refractivity contribution in [1.82, 2.24) is 14.5 Å². The highest BCUT2D eigenvalue weighted by molar-refractivity contribution is 6.42. The molecule has 4 aromatic rings. The molecule has 1 amide bonds. The van der Waals surface area contributed by atoms with Gasteiger partial charge in [-0.1, -0.05) is 77.8 Å². The maximum Gasteiger partial charge on any atom is 0.330 e. The molecule has 10 heteroatoms. The second-order valence-corrected chi connectivity index (χ2v) is 11.1. The second kappa shape index (κ2) is 13.3. The van der Waals surface area contributed by atoms with Crippen LogP contribution in [-0.4, -0.2) is 55.8 Å². The zero-order chi connectivity index (χ0) is 29.6. The lowest BCUT2D eigenvalue weighted by Gasteiger charge is -2.25. The predicted octanol–water partition coefficient (Wildman–Crippen LogP) is 6.34. The number of carboxylic acid groups (broad SMARTS) is 1. The van der Waals surface area contributed by atoms with Crippen LogP contribution in [0.25, 0.3) is 0 Å². The van der Waals surface area contributed by atoms with Crippen molar-refractivity contribution in [1.29, 1.82) is 0 Å². The van der Waals surface area contributed by atoms with Gasteiger partial charge < -0.3 is 15.0 Å². The standard InChI is InChI=1S/C32H31Cl2N5O3/c1-21(39-17-15-35-20-39)29(32(41)42)37-30(23-8-3-2-4-9-23)24-10-5-6-11-27(24)36-31(40)28-12-7-16-38(28)19-22-13-14-25(33)26(34)18-22/h2-6,8-11,13-15,17-18,20-21,28-29H,7,12,16,19H2,1H3,(H,36,40)(H,41,42)/t21-,28-,29-/m0/s1. The first-order valence-corrected chi connectivity index (χ1v) is 14.5. The number of anilines is 1. The number of carboxylic acids is 1. The summed E-state index contributed by atoms with van der Waals surface area (Å²) in [5.74, 6) is -1.19. The Morgan fingerprint density at radius 2 is 1.83 bits per heavy atom. The van der Waals surface area contributed by atoms with Gasteiger partial charge in [-0.05, 0) is 50.1 Å². The zero-order valence-corrected chi connectivity index (χ0v) is 24.5. The fourth-order valence-electron chi connectivity index (χ4n) is 5.28. The number of hydrogen-bond donors (Lipinski definition) is 2. The average Bonchev–Trinajstić information content (AvgIpc) is 3.69. The van der Waals surface area contributed by atoms with Crippen LogP contribution in [0.1, 0.15) is 42.5 Å². The number of hydrogen-bond acceptors (Lipinski definition) is 5. The summed E-state index contributed by atoms with van der Waals surface area (Å²) in [7, 11) is 0. The third kappa shape index (κ3) is 6.73. The third-order valence-corrected chi connectivity index (χ3v) is 8.24. The van der Waals surface area contributed by atoms with E-state index in [2.05, 4.69) is 15.2 Å². The van der Waals surface area contributed by atoms with Crippen molar-refractivity contribution in [3.8, 4) is 0 Å². The zero-order valence-electron chi connectivity index (χ0n) is 23.0. The Kier molecular flexibility index (Phi) is 9.37. The minimum absolute atomic E-state index is 0.131. The SMILES string of the molecule is C[C@@H]([C@H](N=C(c1ccccc1)c1ccccc1NC(=O)[C@@H]1CCCN1Cc1ccc(Cl)c(Cl)c1)C(=O)O)n1ccnc1. The van der Waals surface area contributed by atoms with Gasteiger partial charge in [0.05, 0.1) is 39.9 Å². The Morgan fingerprint density at radius 1 is 1.07 bits per heavy atom. The Balaban J connectivity index is 1.46. The lowest BCUT2D eigenvalue weighted by molar-refractivity contribution is -0.139. The molecule has 0 saturated carbocycles. The molecule has 0 spiro atoms. The smallest absolute Gasteiger partial charge is 0.330 e. The van der Waals surface area contributed by atoms with Crippen LogP contribution in [0.4, 0.5) is 5.69 Å². The van der Waals surface area contributed by atoms with E-state index < -0.39 is 18.1 Å². The van der Waals surface area contributed by atoms with E-state index in [1.54, 1.807) is 36.3 Å². The molecular weight excluding hydrogens is 573 g/mol. The van der Waals surface area contributed by atoms with E-state index in [9.17, 15) is 14.7 Å². The summed E-state index contributed by atoms with van der Waals surface area (Å²) in [6.45, 7) is 3.14. The van der Waals surface area contributed by atoms with Crippen molar-refractivity contribution in [2.75, 3.05) is 11.9 Å². The number of amides is 1. The molecule has 8 nitrogen and oxygen atoms in total. The van der Waals surface area contributed by atoms with Crippen LogP contribution in [0.5, 0.6) is 0 Å². The quantitative estimate of drug-likeness (QED) is 0.206. The topological polar surface area (TPSA) is 99.8 Å². The van der Waals surface area contributed by atoms with E-state index in [4.69, 9.17) is 28.2 Å². The average molecular weight is 605 g/mol. The number of nitrogens with zero attached hydrogens (tertiary/aromatic N) is 4. The Labute approximate surface area is 254 Å². The van der Waals surface area contributed by atoms with Crippen LogP contribution in [-0.2, 0) is 16.1 Å². The molecule has 2 heterocycles. The van der Waals surface area contributed by atoms with Crippen molar-refractivity contribution in [3.63, 3.8) is 0 Å². The lowest BCUT2D eigenvalue weighted by atomic mass is 9.99. The molecule has 1 saturated heterocycles. The molecule has 1 aliphatic heterocycles. The molecule has 1 aliphatic rings. The van der Waals surface area contributed by atoms with Crippen LogP contribution in [0.2, 0.25) is 10.0 Å². The minimum atomic E-state index is -1.10. The van der Waals surface area contributed by atoms with Crippen LogP contribution in [0.3, 0.4) is 0 Å². The summed E-state index contributed by atoms with van der Waals surface area (Å²) >= 11 is 12.3. The van der Waals surface area contributed by atoms with Crippen molar-refractivity contribution in [2.24, 2.45) is 4.99 Å². The summed E-state index contributed by atoms with van der Waals surface area (Å²) in [6, 6.07) is 20.3. The largest absolute Gasteiger partial charge is 0.480 e. The number of aromatic nitrogens is 2. The van der Waals surface area contributed by atoms with Crippen LogP contribution in [0.15, 0.2) is 96.5 Å². The first kappa shape index (κ1) is 29.5. The number of benzene rings is 3. The lowest BCUT2D eigenvalue weighted by Crippen LogP contribution is -2.39. The number of imidazole rings is 1.